The van der Waals surface area contributed by atoms with E-state index in [0.29, 0.717) is 5.41 Å². The summed E-state index contributed by atoms with van der Waals surface area (Å²) in [6, 6.07) is 7.93. The first-order chi connectivity index (χ1) is 9.90. The summed E-state index contributed by atoms with van der Waals surface area (Å²) in [5.41, 5.74) is 8.06. The van der Waals surface area contributed by atoms with Gasteiger partial charge in [-0.05, 0) is 48.9 Å². The van der Waals surface area contributed by atoms with Gasteiger partial charge in [0, 0.05) is 12.1 Å². The molecule has 1 aromatic rings. The molecule has 1 aliphatic heterocycles. The summed E-state index contributed by atoms with van der Waals surface area (Å²) in [7, 11) is 0. The third-order valence-electron chi connectivity index (χ3n) is 4.55. The van der Waals surface area contributed by atoms with Crippen LogP contribution in [0.4, 0.5) is 0 Å². The topological polar surface area (TPSA) is 61.8 Å². The molecular weight excluding hydrogens is 262 g/mol. The quantitative estimate of drug-likeness (QED) is 0.389. The molecule has 0 spiro atoms. The van der Waals surface area contributed by atoms with E-state index >= 15 is 0 Å². The van der Waals surface area contributed by atoms with Gasteiger partial charge in [-0.25, -0.2) is 0 Å². The van der Waals surface area contributed by atoms with Crippen LogP contribution < -0.4 is 5.73 Å². The third kappa shape index (κ3) is 4.21. The molecule has 0 unspecified atom stereocenters. The summed E-state index contributed by atoms with van der Waals surface area (Å²) >= 11 is 0. The van der Waals surface area contributed by atoms with Gasteiger partial charge in [-0.3, -0.25) is 4.90 Å². The van der Waals surface area contributed by atoms with Crippen LogP contribution in [0.3, 0.4) is 0 Å². The second-order valence-corrected chi connectivity index (χ2v) is 7.10. The fraction of sp³-hybridized carbons (Fsp3) is 0.588. The lowest BCUT2D eigenvalue weighted by Crippen LogP contribution is -2.37. The highest BCUT2D eigenvalue weighted by Crippen LogP contribution is 2.34. The van der Waals surface area contributed by atoms with Crippen molar-refractivity contribution in [2.45, 2.75) is 40.2 Å². The van der Waals surface area contributed by atoms with Crippen molar-refractivity contribution in [3.05, 3.63) is 35.4 Å². The zero-order chi connectivity index (χ0) is 15.5. The molecule has 116 valence electrons. The van der Waals surface area contributed by atoms with Crippen molar-refractivity contribution in [1.29, 1.82) is 0 Å². The molecule has 0 radical (unpaired) electrons. The highest BCUT2D eigenvalue weighted by molar-refractivity contribution is 5.97. The van der Waals surface area contributed by atoms with Crippen molar-refractivity contribution < 1.29 is 5.21 Å². The SMILES string of the molecule is CC(C)(C)C1CCN(Cc2cccc(C(N)=NO)c2)CC1. The number of likely N-dealkylation sites (tertiary alicyclic amines) is 1. The van der Waals surface area contributed by atoms with Gasteiger partial charge in [0.2, 0.25) is 0 Å². The van der Waals surface area contributed by atoms with Gasteiger partial charge in [-0.15, -0.1) is 0 Å². The molecule has 4 heteroatoms. The van der Waals surface area contributed by atoms with Crippen LogP contribution in [0, 0.1) is 11.3 Å². The van der Waals surface area contributed by atoms with Crippen molar-refractivity contribution in [2.24, 2.45) is 22.2 Å². The van der Waals surface area contributed by atoms with Gasteiger partial charge >= 0.3 is 0 Å². The maximum atomic E-state index is 8.76. The van der Waals surface area contributed by atoms with Crippen LogP contribution in [0.2, 0.25) is 0 Å². The molecule has 0 amide bonds. The van der Waals surface area contributed by atoms with E-state index < -0.39 is 0 Å². The van der Waals surface area contributed by atoms with E-state index in [1.54, 1.807) is 0 Å². The van der Waals surface area contributed by atoms with Gasteiger partial charge in [0.05, 0.1) is 0 Å². The standard InChI is InChI=1S/C17H27N3O/c1-17(2,3)15-7-9-20(10-8-15)12-13-5-4-6-14(11-13)16(18)19-21/h4-6,11,15,21H,7-10,12H2,1-3H3,(H2,18,19). The van der Waals surface area contributed by atoms with Gasteiger partial charge in [0.25, 0.3) is 0 Å². The Morgan fingerprint density at radius 3 is 2.57 bits per heavy atom. The van der Waals surface area contributed by atoms with E-state index in [9.17, 15) is 0 Å². The summed E-state index contributed by atoms with van der Waals surface area (Å²) in [4.78, 5) is 2.49. The van der Waals surface area contributed by atoms with E-state index in [4.69, 9.17) is 10.9 Å². The van der Waals surface area contributed by atoms with Crippen LogP contribution in [0.15, 0.2) is 29.4 Å². The number of amidine groups is 1. The minimum atomic E-state index is 0.170. The van der Waals surface area contributed by atoms with Crippen molar-refractivity contribution in [3.8, 4) is 0 Å². The number of hydrogen-bond acceptors (Lipinski definition) is 3. The smallest absolute Gasteiger partial charge is 0.170 e. The Morgan fingerprint density at radius 1 is 1.33 bits per heavy atom. The zero-order valence-corrected chi connectivity index (χ0v) is 13.3. The first kappa shape index (κ1) is 15.8. The number of piperidine rings is 1. The largest absolute Gasteiger partial charge is 0.409 e. The number of hydrogen-bond donors (Lipinski definition) is 2. The summed E-state index contributed by atoms with van der Waals surface area (Å²) in [5.74, 6) is 0.987. The van der Waals surface area contributed by atoms with Crippen LogP contribution in [-0.2, 0) is 6.54 Å². The Morgan fingerprint density at radius 2 is 2.00 bits per heavy atom. The minimum absolute atomic E-state index is 0.170. The monoisotopic (exact) mass is 289 g/mol. The van der Waals surface area contributed by atoms with Gasteiger partial charge in [-0.1, -0.05) is 44.1 Å². The van der Waals surface area contributed by atoms with Crippen molar-refractivity contribution in [2.75, 3.05) is 13.1 Å². The van der Waals surface area contributed by atoms with E-state index in [2.05, 4.69) is 36.9 Å². The number of rotatable bonds is 3. The second-order valence-electron chi connectivity index (χ2n) is 7.10. The first-order valence-corrected chi connectivity index (χ1v) is 7.69. The molecule has 0 aromatic heterocycles. The number of oxime groups is 1. The summed E-state index contributed by atoms with van der Waals surface area (Å²) in [6.07, 6.45) is 2.53. The van der Waals surface area contributed by atoms with E-state index in [1.807, 2.05) is 18.2 Å². The fourth-order valence-electron chi connectivity index (χ4n) is 3.10. The lowest BCUT2D eigenvalue weighted by Gasteiger charge is -2.38. The Kier molecular flexibility index (Phi) is 4.88. The molecule has 1 fully saturated rings. The molecule has 3 N–H and O–H groups in total. The van der Waals surface area contributed by atoms with Crippen molar-refractivity contribution in [1.82, 2.24) is 4.90 Å². The predicted octanol–water partition coefficient (Wildman–Crippen LogP) is 3.04. The average molecular weight is 289 g/mol. The lowest BCUT2D eigenvalue weighted by atomic mass is 9.75. The molecule has 0 bridgehead atoms. The molecule has 1 heterocycles. The van der Waals surface area contributed by atoms with Crippen LogP contribution in [0.5, 0.6) is 0 Å². The van der Waals surface area contributed by atoms with E-state index in [0.717, 1.165) is 31.1 Å². The summed E-state index contributed by atoms with van der Waals surface area (Å²) < 4.78 is 0. The van der Waals surface area contributed by atoms with Crippen LogP contribution in [0.1, 0.15) is 44.7 Å². The van der Waals surface area contributed by atoms with Gasteiger partial charge in [0.15, 0.2) is 5.84 Å². The molecule has 1 saturated heterocycles. The molecule has 0 saturated carbocycles. The van der Waals surface area contributed by atoms with Crippen LogP contribution in [-0.4, -0.2) is 29.0 Å². The molecule has 1 aromatic carbocycles. The fourth-order valence-corrected chi connectivity index (χ4v) is 3.10. The minimum Gasteiger partial charge on any atom is -0.409 e. The Labute approximate surface area is 127 Å². The average Bonchev–Trinajstić information content (AvgIpc) is 2.46. The zero-order valence-electron chi connectivity index (χ0n) is 13.3. The molecule has 1 aliphatic rings. The van der Waals surface area contributed by atoms with Crippen molar-refractivity contribution in [3.63, 3.8) is 0 Å². The Balaban J connectivity index is 1.95. The number of nitrogens with zero attached hydrogens (tertiary/aromatic N) is 2. The Bertz CT molecular complexity index is 497. The van der Waals surface area contributed by atoms with Crippen LogP contribution in [0.25, 0.3) is 0 Å². The normalized spacial score (nSPS) is 18.9. The van der Waals surface area contributed by atoms with Gasteiger partial charge in [0.1, 0.15) is 0 Å². The molecule has 2 rings (SSSR count). The van der Waals surface area contributed by atoms with Gasteiger partial charge < -0.3 is 10.9 Å². The predicted molar refractivity (Wildman–Crippen MR) is 86.4 cm³/mol. The van der Waals surface area contributed by atoms with E-state index in [-0.39, 0.29) is 5.84 Å². The molecular formula is C17H27N3O. The highest BCUT2D eigenvalue weighted by atomic mass is 16.4. The molecule has 21 heavy (non-hydrogen) atoms. The molecule has 0 atom stereocenters. The lowest BCUT2D eigenvalue weighted by molar-refractivity contribution is 0.108. The maximum Gasteiger partial charge on any atom is 0.170 e. The van der Waals surface area contributed by atoms with Crippen molar-refractivity contribution >= 4 is 5.84 Å². The highest BCUT2D eigenvalue weighted by Gasteiger charge is 2.28. The number of nitrogens with two attached hydrogens (primary N) is 1. The van der Waals surface area contributed by atoms with Crippen LogP contribution >= 0.6 is 0 Å². The third-order valence-corrected chi connectivity index (χ3v) is 4.55. The molecule has 4 nitrogen and oxygen atoms in total. The Hall–Kier alpha value is -1.55. The van der Waals surface area contributed by atoms with E-state index in [1.165, 1.54) is 18.4 Å². The summed E-state index contributed by atoms with van der Waals surface area (Å²) in [5, 5.41) is 11.8. The number of benzene rings is 1. The maximum absolute atomic E-state index is 8.76. The first-order valence-electron chi connectivity index (χ1n) is 7.69. The molecule has 0 aliphatic carbocycles. The second kappa shape index (κ2) is 6.48. The summed E-state index contributed by atoms with van der Waals surface area (Å²) in [6.45, 7) is 10.3. The van der Waals surface area contributed by atoms with Gasteiger partial charge in [-0.2, -0.15) is 0 Å².